The zero-order valence-electron chi connectivity index (χ0n) is 8.14. The minimum Gasteiger partial charge on any atom is -0.469 e. The lowest BCUT2D eigenvalue weighted by Crippen LogP contribution is -2.10. The van der Waals surface area contributed by atoms with Crippen molar-refractivity contribution in [3.63, 3.8) is 0 Å². The molecule has 0 aliphatic rings. The first-order valence-electron chi connectivity index (χ1n) is 4.13. The van der Waals surface area contributed by atoms with Gasteiger partial charge in [-0.15, -0.1) is 0 Å². The van der Waals surface area contributed by atoms with E-state index in [1.165, 1.54) is 7.11 Å². The number of alkyl halides is 3. The Hall–Kier alpha value is -1.30. The highest BCUT2D eigenvalue weighted by Gasteiger charge is 2.35. The van der Waals surface area contributed by atoms with Crippen LogP contribution in [-0.2, 0) is 22.1 Å². The number of halogens is 4. The molecule has 1 heterocycles. The molecular formula is C9H7ClF3NO2. The van der Waals surface area contributed by atoms with Gasteiger partial charge in [0, 0.05) is 6.20 Å². The minimum absolute atomic E-state index is 0.165. The van der Waals surface area contributed by atoms with Gasteiger partial charge in [-0.3, -0.25) is 9.78 Å². The summed E-state index contributed by atoms with van der Waals surface area (Å²) in [6.07, 6.45) is -3.81. The van der Waals surface area contributed by atoms with E-state index in [9.17, 15) is 18.0 Å². The molecule has 7 heteroatoms. The summed E-state index contributed by atoms with van der Waals surface area (Å²) in [6.45, 7) is 0. The molecule has 0 spiro atoms. The highest BCUT2D eigenvalue weighted by molar-refractivity contribution is 6.31. The molecule has 0 radical (unpaired) electrons. The van der Waals surface area contributed by atoms with Crippen LogP contribution >= 0.6 is 11.6 Å². The molecule has 1 rings (SSSR count). The second kappa shape index (κ2) is 4.69. The van der Waals surface area contributed by atoms with Crippen molar-refractivity contribution in [2.75, 3.05) is 7.11 Å². The van der Waals surface area contributed by atoms with Crippen molar-refractivity contribution in [2.24, 2.45) is 0 Å². The van der Waals surface area contributed by atoms with Gasteiger partial charge < -0.3 is 4.74 Å². The van der Waals surface area contributed by atoms with Crippen LogP contribution in [0.3, 0.4) is 0 Å². The molecular weight excluding hydrogens is 247 g/mol. The molecule has 88 valence electrons. The van der Waals surface area contributed by atoms with Crippen molar-refractivity contribution >= 4 is 17.6 Å². The van der Waals surface area contributed by atoms with E-state index in [2.05, 4.69) is 9.72 Å². The molecule has 0 fully saturated rings. The summed E-state index contributed by atoms with van der Waals surface area (Å²) < 4.78 is 41.2. The number of carbonyl (C=O) groups excluding carboxylic acids is 1. The summed E-state index contributed by atoms with van der Waals surface area (Å²) >= 11 is 5.41. The summed E-state index contributed by atoms with van der Waals surface area (Å²) in [4.78, 5) is 14.0. The molecule has 1 aromatic rings. The third-order valence-corrected chi connectivity index (χ3v) is 2.03. The fraction of sp³-hybridized carbons (Fsp3) is 0.333. The molecule has 0 saturated heterocycles. The van der Waals surface area contributed by atoms with Gasteiger partial charge in [0.15, 0.2) is 5.69 Å². The standard InChI is InChI=1S/C9H7ClF3NO2/c1-16-7(15)3-5-2-6(10)8(14-4-5)9(11,12)13/h2,4H,3H2,1H3. The van der Waals surface area contributed by atoms with Crippen LogP contribution in [0.5, 0.6) is 0 Å². The lowest BCUT2D eigenvalue weighted by Gasteiger charge is -2.08. The number of pyridine rings is 1. The quantitative estimate of drug-likeness (QED) is 0.760. The van der Waals surface area contributed by atoms with Gasteiger partial charge in [-0.2, -0.15) is 13.2 Å². The van der Waals surface area contributed by atoms with E-state index in [-0.39, 0.29) is 12.0 Å². The number of aromatic nitrogens is 1. The lowest BCUT2D eigenvalue weighted by molar-refractivity contribution is -0.141. The molecule has 0 atom stereocenters. The van der Waals surface area contributed by atoms with Gasteiger partial charge in [0.2, 0.25) is 0 Å². The molecule has 1 aromatic heterocycles. The number of hydrogen-bond donors (Lipinski definition) is 0. The largest absolute Gasteiger partial charge is 0.469 e. The van der Waals surface area contributed by atoms with Gasteiger partial charge in [0.1, 0.15) is 0 Å². The third kappa shape index (κ3) is 3.10. The van der Waals surface area contributed by atoms with Crippen LogP contribution < -0.4 is 0 Å². The maximum Gasteiger partial charge on any atom is 0.434 e. The molecule has 3 nitrogen and oxygen atoms in total. The Labute approximate surface area is 94.2 Å². The Morgan fingerprint density at radius 1 is 1.56 bits per heavy atom. The van der Waals surface area contributed by atoms with Crippen LogP contribution in [0.4, 0.5) is 13.2 Å². The van der Waals surface area contributed by atoms with Crippen molar-refractivity contribution in [1.82, 2.24) is 4.98 Å². The van der Waals surface area contributed by atoms with Crippen LogP contribution in [-0.4, -0.2) is 18.1 Å². The van der Waals surface area contributed by atoms with E-state index < -0.39 is 22.9 Å². The first-order chi connectivity index (χ1) is 7.34. The number of hydrogen-bond acceptors (Lipinski definition) is 3. The van der Waals surface area contributed by atoms with Crippen molar-refractivity contribution in [2.45, 2.75) is 12.6 Å². The second-order valence-corrected chi connectivity index (χ2v) is 3.33. The van der Waals surface area contributed by atoms with E-state index >= 15 is 0 Å². The van der Waals surface area contributed by atoms with Crippen molar-refractivity contribution in [3.05, 3.63) is 28.5 Å². The number of carbonyl (C=O) groups is 1. The molecule has 0 aromatic carbocycles. The third-order valence-electron chi connectivity index (χ3n) is 1.74. The Morgan fingerprint density at radius 2 is 2.19 bits per heavy atom. The number of methoxy groups -OCH3 is 1. The average Bonchev–Trinajstić information content (AvgIpc) is 2.15. The summed E-state index contributed by atoms with van der Waals surface area (Å²) in [5.41, 5.74) is -0.896. The molecule has 16 heavy (non-hydrogen) atoms. The molecule has 0 saturated carbocycles. The summed E-state index contributed by atoms with van der Waals surface area (Å²) in [5.74, 6) is -0.572. The van der Waals surface area contributed by atoms with Gasteiger partial charge in [-0.1, -0.05) is 11.6 Å². The van der Waals surface area contributed by atoms with Crippen LogP contribution in [0.25, 0.3) is 0 Å². The maximum atomic E-state index is 12.3. The molecule has 0 amide bonds. The fourth-order valence-electron chi connectivity index (χ4n) is 1.02. The Balaban J connectivity index is 2.96. The highest BCUT2D eigenvalue weighted by atomic mass is 35.5. The Morgan fingerprint density at radius 3 is 2.62 bits per heavy atom. The summed E-state index contributed by atoms with van der Waals surface area (Å²) in [5, 5.41) is -0.533. The zero-order valence-corrected chi connectivity index (χ0v) is 8.89. The average molecular weight is 254 g/mol. The van der Waals surface area contributed by atoms with Gasteiger partial charge in [-0.25, -0.2) is 0 Å². The first kappa shape index (κ1) is 12.8. The SMILES string of the molecule is COC(=O)Cc1cnc(C(F)(F)F)c(Cl)c1. The number of nitrogens with zero attached hydrogens (tertiary/aromatic N) is 1. The Bertz CT molecular complexity index is 406. The first-order valence-corrected chi connectivity index (χ1v) is 4.51. The number of rotatable bonds is 2. The molecule has 0 aliphatic heterocycles. The van der Waals surface area contributed by atoms with Gasteiger partial charge in [-0.05, 0) is 11.6 Å². The second-order valence-electron chi connectivity index (χ2n) is 2.92. The normalized spacial score (nSPS) is 11.3. The number of esters is 1. The zero-order chi connectivity index (χ0) is 12.3. The van der Waals surface area contributed by atoms with Crippen LogP contribution in [0.2, 0.25) is 5.02 Å². The van der Waals surface area contributed by atoms with Gasteiger partial charge >= 0.3 is 12.1 Å². The van der Waals surface area contributed by atoms with E-state index in [1.54, 1.807) is 0 Å². The maximum absolute atomic E-state index is 12.3. The Kier molecular flexibility index (Phi) is 3.74. The van der Waals surface area contributed by atoms with Gasteiger partial charge in [0.05, 0.1) is 18.6 Å². The van der Waals surface area contributed by atoms with Crippen LogP contribution in [0.15, 0.2) is 12.3 Å². The number of ether oxygens (including phenoxy) is 1. The van der Waals surface area contributed by atoms with Gasteiger partial charge in [0.25, 0.3) is 0 Å². The lowest BCUT2D eigenvalue weighted by atomic mass is 10.2. The predicted molar refractivity (Wildman–Crippen MR) is 50.0 cm³/mol. The summed E-state index contributed by atoms with van der Waals surface area (Å²) in [6, 6.07) is 1.05. The van der Waals surface area contributed by atoms with E-state index in [0.717, 1.165) is 12.3 Å². The van der Waals surface area contributed by atoms with Crippen LogP contribution in [0, 0.1) is 0 Å². The minimum atomic E-state index is -4.60. The van der Waals surface area contributed by atoms with E-state index in [1.807, 2.05) is 0 Å². The van der Waals surface area contributed by atoms with Crippen molar-refractivity contribution in [1.29, 1.82) is 0 Å². The van der Waals surface area contributed by atoms with Crippen molar-refractivity contribution in [3.8, 4) is 0 Å². The molecule has 0 unspecified atom stereocenters. The van der Waals surface area contributed by atoms with Crippen molar-refractivity contribution < 1.29 is 22.7 Å². The topological polar surface area (TPSA) is 39.2 Å². The van der Waals surface area contributed by atoms with E-state index in [4.69, 9.17) is 11.6 Å². The molecule has 0 N–H and O–H groups in total. The van der Waals surface area contributed by atoms with E-state index in [0.29, 0.717) is 0 Å². The highest BCUT2D eigenvalue weighted by Crippen LogP contribution is 2.33. The fourth-order valence-corrected chi connectivity index (χ4v) is 1.32. The van der Waals surface area contributed by atoms with Crippen LogP contribution in [0.1, 0.15) is 11.3 Å². The smallest absolute Gasteiger partial charge is 0.434 e. The molecule has 0 aliphatic carbocycles. The predicted octanol–water partition coefficient (Wildman–Crippen LogP) is 2.47. The monoisotopic (exact) mass is 253 g/mol. The molecule has 0 bridgehead atoms. The summed E-state index contributed by atoms with van der Waals surface area (Å²) in [7, 11) is 1.18.